The molecule has 3 N–H and O–H groups in total. The smallest absolute Gasteiger partial charge is 0.171 e. The molecule has 0 amide bonds. The molecule has 0 aliphatic carbocycles. The molecule has 0 fully saturated rings. The Morgan fingerprint density at radius 2 is 2.00 bits per heavy atom. The molecule has 5 nitrogen and oxygen atoms in total. The van der Waals surface area contributed by atoms with Crippen molar-refractivity contribution in [2.75, 3.05) is 23.7 Å². The predicted octanol–water partition coefficient (Wildman–Crippen LogP) is 4.83. The minimum atomic E-state index is 0.559. The van der Waals surface area contributed by atoms with Crippen molar-refractivity contribution >= 4 is 67.3 Å². The first-order chi connectivity index (χ1) is 12.6. The fraction of sp³-hybridized carbons (Fsp3) is 0.167. The summed E-state index contributed by atoms with van der Waals surface area (Å²) < 4.78 is 0.930. The monoisotopic (exact) mass is 449 g/mol. The summed E-state index contributed by atoms with van der Waals surface area (Å²) in [7, 11) is 0. The van der Waals surface area contributed by atoms with Gasteiger partial charge in [0.05, 0.1) is 5.52 Å². The number of thiocarbonyl (C=S) groups is 1. The average Bonchev–Trinajstić information content (AvgIpc) is 2.63. The quantitative estimate of drug-likeness (QED) is 0.369. The van der Waals surface area contributed by atoms with E-state index in [9.17, 15) is 0 Å². The first kappa shape index (κ1) is 18.8. The molecule has 0 atom stereocenters. The summed E-state index contributed by atoms with van der Waals surface area (Å²) in [6.07, 6.45) is 4.41. The lowest BCUT2D eigenvalue weighted by Crippen LogP contribution is -2.30. The second-order valence-corrected chi connectivity index (χ2v) is 7.30. The van der Waals surface area contributed by atoms with Gasteiger partial charge in [0.1, 0.15) is 5.82 Å². The third kappa shape index (κ3) is 5.27. The Morgan fingerprint density at radius 3 is 2.81 bits per heavy atom. The number of fused-ring (bicyclic) bond motifs is 1. The van der Waals surface area contributed by atoms with Gasteiger partial charge in [-0.2, -0.15) is 0 Å². The van der Waals surface area contributed by atoms with Crippen LogP contribution in [0.2, 0.25) is 5.02 Å². The molecule has 0 saturated heterocycles. The highest BCUT2D eigenvalue weighted by Gasteiger charge is 2.02. The lowest BCUT2D eigenvalue weighted by molar-refractivity contribution is 0.809. The van der Waals surface area contributed by atoms with Crippen LogP contribution >= 0.6 is 39.7 Å². The molecule has 26 heavy (non-hydrogen) atoms. The number of nitrogens with zero attached hydrogens (tertiary/aromatic N) is 2. The highest BCUT2D eigenvalue weighted by Crippen LogP contribution is 2.24. The molecule has 0 radical (unpaired) electrons. The number of rotatable bonds is 6. The van der Waals surface area contributed by atoms with Crippen LogP contribution in [0.1, 0.15) is 6.42 Å². The summed E-state index contributed by atoms with van der Waals surface area (Å²) in [6.45, 7) is 1.57. The van der Waals surface area contributed by atoms with Crippen LogP contribution in [0, 0.1) is 0 Å². The van der Waals surface area contributed by atoms with Gasteiger partial charge >= 0.3 is 0 Å². The lowest BCUT2D eigenvalue weighted by Gasteiger charge is -2.12. The van der Waals surface area contributed by atoms with Crippen molar-refractivity contribution in [2.24, 2.45) is 0 Å². The van der Waals surface area contributed by atoms with E-state index in [1.165, 1.54) is 0 Å². The van der Waals surface area contributed by atoms with Crippen LogP contribution in [-0.4, -0.2) is 28.2 Å². The number of hydrogen-bond acceptors (Lipinski definition) is 4. The number of benzene rings is 1. The molecule has 134 valence electrons. The van der Waals surface area contributed by atoms with Crippen molar-refractivity contribution in [3.05, 3.63) is 58.3 Å². The van der Waals surface area contributed by atoms with Crippen molar-refractivity contribution in [1.29, 1.82) is 0 Å². The van der Waals surface area contributed by atoms with Crippen LogP contribution in [0.15, 0.2) is 53.3 Å². The molecule has 8 heteroatoms. The summed E-state index contributed by atoms with van der Waals surface area (Å²) in [5.74, 6) is 0.714. The maximum atomic E-state index is 6.02. The molecule has 3 aromatic rings. The molecule has 2 aromatic heterocycles. The predicted molar refractivity (Wildman–Crippen MR) is 116 cm³/mol. The average molecular weight is 451 g/mol. The molecule has 0 aliphatic rings. The number of aromatic nitrogens is 2. The Bertz CT molecular complexity index is 904. The molecule has 0 aliphatic heterocycles. The summed E-state index contributed by atoms with van der Waals surface area (Å²) >= 11 is 14.6. The number of nitrogens with one attached hydrogen (secondary N) is 3. The van der Waals surface area contributed by atoms with Gasteiger partial charge in [0.2, 0.25) is 0 Å². The van der Waals surface area contributed by atoms with Crippen LogP contribution in [-0.2, 0) is 0 Å². The molecule has 0 saturated carbocycles. The second kappa shape index (κ2) is 9.12. The summed E-state index contributed by atoms with van der Waals surface area (Å²) in [4.78, 5) is 8.57. The van der Waals surface area contributed by atoms with Crippen molar-refractivity contribution in [3.63, 3.8) is 0 Å². The Hall–Kier alpha value is -1.96. The maximum absolute atomic E-state index is 6.02. The fourth-order valence-corrected chi connectivity index (χ4v) is 3.01. The second-order valence-electron chi connectivity index (χ2n) is 5.54. The van der Waals surface area contributed by atoms with E-state index in [4.69, 9.17) is 23.8 Å². The van der Waals surface area contributed by atoms with E-state index in [1.807, 2.05) is 36.4 Å². The molecular weight excluding hydrogens is 434 g/mol. The third-order valence-electron chi connectivity index (χ3n) is 3.63. The van der Waals surface area contributed by atoms with Crippen molar-refractivity contribution in [1.82, 2.24) is 15.3 Å². The molecule has 1 aromatic carbocycles. The summed E-state index contributed by atoms with van der Waals surface area (Å²) in [5.41, 5.74) is 1.93. The van der Waals surface area contributed by atoms with Crippen LogP contribution in [0.3, 0.4) is 0 Å². The molecule has 3 rings (SSSR count). The van der Waals surface area contributed by atoms with Crippen molar-refractivity contribution in [2.45, 2.75) is 6.42 Å². The molecule has 0 bridgehead atoms. The normalized spacial score (nSPS) is 10.5. The van der Waals surface area contributed by atoms with E-state index in [-0.39, 0.29) is 0 Å². The van der Waals surface area contributed by atoms with Crippen molar-refractivity contribution in [3.8, 4) is 0 Å². The van der Waals surface area contributed by atoms with Gasteiger partial charge in [0.15, 0.2) is 5.11 Å². The largest absolute Gasteiger partial charge is 0.384 e. The van der Waals surface area contributed by atoms with E-state index < -0.39 is 0 Å². The zero-order valence-electron chi connectivity index (χ0n) is 13.8. The van der Waals surface area contributed by atoms with Gasteiger partial charge in [0, 0.05) is 46.1 Å². The minimum absolute atomic E-state index is 0.559. The number of anilines is 2. The van der Waals surface area contributed by atoms with Crippen LogP contribution < -0.4 is 16.0 Å². The van der Waals surface area contributed by atoms with Gasteiger partial charge in [-0.1, -0.05) is 11.6 Å². The zero-order valence-corrected chi connectivity index (χ0v) is 17.0. The van der Waals surface area contributed by atoms with E-state index in [0.717, 1.165) is 40.6 Å². The number of hydrogen-bond donors (Lipinski definition) is 3. The zero-order chi connectivity index (χ0) is 18.4. The first-order valence-corrected chi connectivity index (χ1v) is 9.64. The number of halogens is 2. The highest BCUT2D eigenvalue weighted by molar-refractivity contribution is 9.10. The first-order valence-electron chi connectivity index (χ1n) is 8.06. The summed E-state index contributed by atoms with van der Waals surface area (Å²) in [5, 5.41) is 12.0. The topological polar surface area (TPSA) is 61.9 Å². The van der Waals surface area contributed by atoms with E-state index >= 15 is 0 Å². The van der Waals surface area contributed by atoms with Crippen LogP contribution in [0.5, 0.6) is 0 Å². The highest BCUT2D eigenvalue weighted by atomic mass is 79.9. The van der Waals surface area contributed by atoms with Gasteiger partial charge < -0.3 is 16.0 Å². The molecular formula is C18H17BrClN5S. The lowest BCUT2D eigenvalue weighted by atomic mass is 10.2. The Morgan fingerprint density at radius 1 is 1.12 bits per heavy atom. The minimum Gasteiger partial charge on any atom is -0.384 e. The fourth-order valence-electron chi connectivity index (χ4n) is 2.40. The van der Waals surface area contributed by atoms with Crippen LogP contribution in [0.4, 0.5) is 11.5 Å². The molecule has 0 spiro atoms. The summed E-state index contributed by atoms with van der Waals surface area (Å²) in [6, 6.07) is 11.5. The van der Waals surface area contributed by atoms with Gasteiger partial charge in [-0.3, -0.25) is 4.98 Å². The van der Waals surface area contributed by atoms with E-state index in [1.54, 1.807) is 12.4 Å². The van der Waals surface area contributed by atoms with Gasteiger partial charge in [0.25, 0.3) is 0 Å². The Balaban J connectivity index is 1.43. The third-order valence-corrected chi connectivity index (χ3v) is 4.58. The SMILES string of the molecule is S=C(NCCCNc1ccnc2cc(Cl)ccc12)Nc1ccc(Br)cn1. The Labute approximate surface area is 170 Å². The van der Waals surface area contributed by atoms with E-state index in [0.29, 0.717) is 16.0 Å². The van der Waals surface area contributed by atoms with Gasteiger partial charge in [-0.05, 0) is 71.0 Å². The van der Waals surface area contributed by atoms with Crippen LogP contribution in [0.25, 0.3) is 10.9 Å². The van der Waals surface area contributed by atoms with Gasteiger partial charge in [-0.25, -0.2) is 4.98 Å². The standard InChI is InChI=1S/C18H17BrClN5S/c19-12-2-5-17(24-11-12)25-18(26)23-8-1-7-21-15-6-9-22-16-10-13(20)3-4-14(15)16/h2-6,9-11H,1,7-8H2,(H,21,22)(H2,23,24,25,26). The Kier molecular flexibility index (Phi) is 6.60. The number of pyridine rings is 2. The van der Waals surface area contributed by atoms with Crippen molar-refractivity contribution < 1.29 is 0 Å². The van der Waals surface area contributed by atoms with Gasteiger partial charge in [-0.15, -0.1) is 0 Å². The maximum Gasteiger partial charge on any atom is 0.171 e. The molecule has 0 unspecified atom stereocenters. The molecule has 2 heterocycles. The van der Waals surface area contributed by atoms with E-state index in [2.05, 4.69) is 41.8 Å².